The van der Waals surface area contributed by atoms with E-state index < -0.39 is 0 Å². The molecule has 1 aliphatic rings. The lowest BCUT2D eigenvalue weighted by Crippen LogP contribution is -2.27. The number of hydrogen-bond acceptors (Lipinski definition) is 4. The number of benzene rings is 1. The summed E-state index contributed by atoms with van der Waals surface area (Å²) in [4.78, 5) is 2.19. The van der Waals surface area contributed by atoms with Gasteiger partial charge in [-0.05, 0) is 31.8 Å². The van der Waals surface area contributed by atoms with E-state index in [1.807, 2.05) is 19.2 Å². The molecule has 0 bridgehead atoms. The summed E-state index contributed by atoms with van der Waals surface area (Å²) in [6.07, 6.45) is 0. The smallest absolute Gasteiger partial charge is 0.231 e. The molecule has 0 saturated carbocycles. The first-order chi connectivity index (χ1) is 7.29. The van der Waals surface area contributed by atoms with Gasteiger partial charge in [0.25, 0.3) is 0 Å². The number of hydrogen-bond donors (Lipinski definition) is 1. The van der Waals surface area contributed by atoms with Gasteiger partial charge in [-0.3, -0.25) is 4.90 Å². The van der Waals surface area contributed by atoms with Crippen molar-refractivity contribution in [3.05, 3.63) is 23.8 Å². The normalized spacial score (nSPS) is 13.5. The zero-order valence-electron chi connectivity index (χ0n) is 9.12. The van der Waals surface area contributed by atoms with Crippen LogP contribution < -0.4 is 14.8 Å². The molecule has 1 aromatic carbocycles. The molecular formula is C11H16N2O2. The lowest BCUT2D eigenvalue weighted by atomic mass is 10.2. The third-order valence-corrected chi connectivity index (χ3v) is 2.32. The van der Waals surface area contributed by atoms with Crippen molar-refractivity contribution in [2.75, 3.05) is 27.6 Å². The molecule has 0 amide bonds. The molecule has 82 valence electrons. The zero-order valence-corrected chi connectivity index (χ0v) is 9.12. The van der Waals surface area contributed by atoms with Gasteiger partial charge in [0.1, 0.15) is 0 Å². The molecule has 0 fully saturated rings. The molecular weight excluding hydrogens is 192 g/mol. The van der Waals surface area contributed by atoms with Crippen LogP contribution in [0.5, 0.6) is 11.5 Å². The molecule has 0 saturated heterocycles. The van der Waals surface area contributed by atoms with E-state index in [-0.39, 0.29) is 0 Å². The van der Waals surface area contributed by atoms with Crippen molar-refractivity contribution in [1.82, 2.24) is 10.2 Å². The van der Waals surface area contributed by atoms with E-state index in [2.05, 4.69) is 23.3 Å². The van der Waals surface area contributed by atoms with E-state index in [4.69, 9.17) is 9.47 Å². The third kappa shape index (κ3) is 2.40. The molecule has 0 spiro atoms. The minimum Gasteiger partial charge on any atom is -0.454 e. The molecule has 0 aliphatic carbocycles. The van der Waals surface area contributed by atoms with Crippen molar-refractivity contribution in [2.24, 2.45) is 0 Å². The first-order valence-corrected chi connectivity index (χ1v) is 5.01. The predicted octanol–water partition coefficient (Wildman–Crippen LogP) is 1.02. The summed E-state index contributed by atoms with van der Waals surface area (Å²) < 4.78 is 10.6. The van der Waals surface area contributed by atoms with Gasteiger partial charge in [-0.2, -0.15) is 0 Å². The minimum atomic E-state index is 0.338. The fourth-order valence-electron chi connectivity index (χ4n) is 1.68. The molecule has 1 aliphatic heterocycles. The van der Waals surface area contributed by atoms with E-state index in [1.165, 1.54) is 5.56 Å². The Morgan fingerprint density at radius 1 is 1.33 bits per heavy atom. The molecule has 1 aromatic rings. The Bertz CT molecular complexity index is 341. The number of ether oxygens (including phenoxy) is 2. The summed E-state index contributed by atoms with van der Waals surface area (Å²) in [6.45, 7) is 2.11. The topological polar surface area (TPSA) is 33.7 Å². The predicted molar refractivity (Wildman–Crippen MR) is 58.0 cm³/mol. The summed E-state index contributed by atoms with van der Waals surface area (Å²) in [5, 5.41) is 3.11. The van der Waals surface area contributed by atoms with Crippen molar-refractivity contribution in [1.29, 1.82) is 0 Å². The summed E-state index contributed by atoms with van der Waals surface area (Å²) in [5.41, 5.74) is 1.23. The number of nitrogens with one attached hydrogen (secondary N) is 1. The Morgan fingerprint density at radius 3 is 2.93 bits per heavy atom. The summed E-state index contributed by atoms with van der Waals surface area (Å²) in [6, 6.07) is 6.07. The average Bonchev–Trinajstić information content (AvgIpc) is 2.65. The van der Waals surface area contributed by atoms with E-state index in [1.54, 1.807) is 0 Å². The highest BCUT2D eigenvalue weighted by molar-refractivity contribution is 5.44. The highest BCUT2D eigenvalue weighted by atomic mass is 16.7. The maximum Gasteiger partial charge on any atom is 0.231 e. The Hall–Kier alpha value is -1.26. The van der Waals surface area contributed by atoms with Crippen LogP contribution in [0.25, 0.3) is 0 Å². The van der Waals surface area contributed by atoms with Crippen molar-refractivity contribution >= 4 is 0 Å². The van der Waals surface area contributed by atoms with Crippen LogP contribution in [-0.4, -0.2) is 32.5 Å². The molecule has 1 heterocycles. The van der Waals surface area contributed by atoms with Gasteiger partial charge in [-0.1, -0.05) is 6.07 Å². The molecule has 2 rings (SSSR count). The summed E-state index contributed by atoms with van der Waals surface area (Å²) >= 11 is 0. The molecule has 4 heteroatoms. The molecule has 1 N–H and O–H groups in total. The van der Waals surface area contributed by atoms with Crippen molar-refractivity contribution in [3.63, 3.8) is 0 Å². The van der Waals surface area contributed by atoms with E-state index in [9.17, 15) is 0 Å². The maximum absolute atomic E-state index is 5.32. The van der Waals surface area contributed by atoms with Crippen LogP contribution in [0.3, 0.4) is 0 Å². The van der Waals surface area contributed by atoms with Crippen molar-refractivity contribution < 1.29 is 9.47 Å². The van der Waals surface area contributed by atoms with Gasteiger partial charge in [-0.15, -0.1) is 0 Å². The first kappa shape index (κ1) is 10.3. The monoisotopic (exact) mass is 208 g/mol. The molecule has 4 nitrogen and oxygen atoms in total. The summed E-state index contributed by atoms with van der Waals surface area (Å²) in [5.74, 6) is 1.69. The lowest BCUT2D eigenvalue weighted by molar-refractivity contribution is 0.174. The van der Waals surface area contributed by atoms with Gasteiger partial charge in [0.2, 0.25) is 6.79 Å². The number of nitrogens with zero attached hydrogens (tertiary/aromatic N) is 1. The van der Waals surface area contributed by atoms with Crippen LogP contribution in [0.1, 0.15) is 5.56 Å². The second-order valence-electron chi connectivity index (χ2n) is 3.71. The van der Waals surface area contributed by atoms with Crippen LogP contribution >= 0.6 is 0 Å². The number of rotatable bonds is 4. The van der Waals surface area contributed by atoms with E-state index >= 15 is 0 Å². The standard InChI is InChI=1S/C11H16N2O2/c1-12-7-13(2)6-9-3-4-10-11(5-9)15-8-14-10/h3-5,12H,6-8H2,1-2H3. The van der Waals surface area contributed by atoms with Crippen molar-refractivity contribution in [3.8, 4) is 11.5 Å². The fourth-order valence-corrected chi connectivity index (χ4v) is 1.68. The van der Waals surface area contributed by atoms with Gasteiger partial charge in [0.05, 0.1) is 0 Å². The minimum absolute atomic E-state index is 0.338. The third-order valence-electron chi connectivity index (χ3n) is 2.32. The highest BCUT2D eigenvalue weighted by Crippen LogP contribution is 2.32. The maximum atomic E-state index is 5.32. The average molecular weight is 208 g/mol. The Balaban J connectivity index is 2.03. The second kappa shape index (κ2) is 4.51. The SMILES string of the molecule is CNCN(C)Cc1ccc2c(c1)OCO2. The molecule has 0 unspecified atom stereocenters. The van der Waals surface area contributed by atoms with Crippen LogP contribution in [0, 0.1) is 0 Å². The highest BCUT2D eigenvalue weighted by Gasteiger charge is 2.13. The molecule has 15 heavy (non-hydrogen) atoms. The van der Waals surface area contributed by atoms with Crippen LogP contribution in [0.4, 0.5) is 0 Å². The Morgan fingerprint density at radius 2 is 2.13 bits per heavy atom. The largest absolute Gasteiger partial charge is 0.454 e. The van der Waals surface area contributed by atoms with Gasteiger partial charge in [0, 0.05) is 13.2 Å². The van der Waals surface area contributed by atoms with E-state index in [0.717, 1.165) is 24.7 Å². The Kier molecular flexibility index (Phi) is 3.08. The zero-order chi connectivity index (χ0) is 10.7. The van der Waals surface area contributed by atoms with Gasteiger partial charge in [-0.25, -0.2) is 0 Å². The molecule has 0 aromatic heterocycles. The Labute approximate surface area is 89.8 Å². The fraction of sp³-hybridized carbons (Fsp3) is 0.455. The van der Waals surface area contributed by atoms with Gasteiger partial charge >= 0.3 is 0 Å². The second-order valence-corrected chi connectivity index (χ2v) is 3.71. The van der Waals surface area contributed by atoms with Crippen LogP contribution in [-0.2, 0) is 6.54 Å². The van der Waals surface area contributed by atoms with Crippen LogP contribution in [0.15, 0.2) is 18.2 Å². The summed E-state index contributed by atoms with van der Waals surface area (Å²) in [7, 11) is 4.01. The van der Waals surface area contributed by atoms with Gasteiger partial charge in [0.15, 0.2) is 11.5 Å². The van der Waals surface area contributed by atoms with Crippen LogP contribution in [0.2, 0.25) is 0 Å². The first-order valence-electron chi connectivity index (χ1n) is 5.01. The lowest BCUT2D eigenvalue weighted by Gasteiger charge is -2.15. The molecule has 0 atom stereocenters. The van der Waals surface area contributed by atoms with Gasteiger partial charge < -0.3 is 14.8 Å². The van der Waals surface area contributed by atoms with Crippen molar-refractivity contribution in [2.45, 2.75) is 6.54 Å². The number of fused-ring (bicyclic) bond motifs is 1. The quantitative estimate of drug-likeness (QED) is 0.749. The molecule has 0 radical (unpaired) electrons. The van der Waals surface area contributed by atoms with E-state index in [0.29, 0.717) is 6.79 Å².